The number of hydrogen-bond acceptors (Lipinski definition) is 3. The van der Waals surface area contributed by atoms with E-state index in [1.54, 1.807) is 19.9 Å². The average Bonchev–Trinajstić information content (AvgIpc) is 2.80. The average molecular weight is 266 g/mol. The molecule has 1 unspecified atom stereocenters. The highest BCUT2D eigenvalue weighted by Gasteiger charge is 2.71. The van der Waals surface area contributed by atoms with Gasteiger partial charge in [-0.1, -0.05) is 13.0 Å². The van der Waals surface area contributed by atoms with E-state index in [0.717, 1.165) is 6.42 Å². The van der Waals surface area contributed by atoms with E-state index in [0.29, 0.717) is 6.54 Å². The molecule has 1 aliphatic rings. The summed E-state index contributed by atoms with van der Waals surface area (Å²) in [6.45, 7) is 6.12. The molecule has 0 saturated carbocycles. The fourth-order valence-corrected chi connectivity index (χ4v) is 2.31. The number of halogens is 1. The fourth-order valence-electron chi connectivity index (χ4n) is 2.31. The molecule has 1 fully saturated rings. The molecule has 0 radical (unpaired) electrons. The Balaban J connectivity index is 2.21. The smallest absolute Gasteiger partial charge is 0.257 e. The normalized spacial score (nSPS) is 24.4. The minimum absolute atomic E-state index is 0.238. The predicted octanol–water partition coefficient (Wildman–Crippen LogP) is 1.71. The van der Waals surface area contributed by atoms with Gasteiger partial charge in [0.05, 0.1) is 0 Å². The summed E-state index contributed by atoms with van der Waals surface area (Å²) in [5.41, 5.74) is -0.465. The number of carbonyl (C=O) groups excluding carboxylic acids is 1. The van der Waals surface area contributed by atoms with Crippen LogP contribution in [0, 0.1) is 5.82 Å². The zero-order valence-electron chi connectivity index (χ0n) is 11.4. The molecule has 1 amide bonds. The van der Waals surface area contributed by atoms with Gasteiger partial charge in [-0.15, -0.1) is 0 Å². The minimum Gasteiger partial charge on any atom is -0.356 e. The fraction of sp³-hybridized carbons (Fsp3) is 0.500. The molecule has 2 rings (SSSR count). The molecule has 5 heteroatoms. The Labute approximate surface area is 112 Å². The summed E-state index contributed by atoms with van der Waals surface area (Å²) < 4.78 is 13.2. The Kier molecular flexibility index (Phi) is 3.36. The van der Waals surface area contributed by atoms with E-state index in [1.807, 2.05) is 6.92 Å². The Bertz CT molecular complexity index is 504. The van der Waals surface area contributed by atoms with Crippen molar-refractivity contribution in [1.29, 1.82) is 0 Å². The van der Waals surface area contributed by atoms with Gasteiger partial charge in [0.25, 0.3) is 5.91 Å². The maximum absolute atomic E-state index is 13.2. The van der Waals surface area contributed by atoms with Gasteiger partial charge in [-0.05, 0) is 45.0 Å². The van der Waals surface area contributed by atoms with Crippen molar-refractivity contribution in [2.45, 2.75) is 38.6 Å². The summed E-state index contributed by atoms with van der Waals surface area (Å²) in [7, 11) is 0. The van der Waals surface area contributed by atoms with Crippen molar-refractivity contribution in [3.05, 3.63) is 35.6 Å². The molecule has 1 atom stereocenters. The second-order valence-electron chi connectivity index (χ2n) is 5.31. The van der Waals surface area contributed by atoms with Gasteiger partial charge in [-0.3, -0.25) is 15.0 Å². The molecule has 1 saturated heterocycles. The first-order chi connectivity index (χ1) is 8.84. The van der Waals surface area contributed by atoms with E-state index in [-0.39, 0.29) is 11.5 Å². The maximum atomic E-state index is 13.2. The van der Waals surface area contributed by atoms with Crippen molar-refractivity contribution < 1.29 is 14.3 Å². The summed E-state index contributed by atoms with van der Waals surface area (Å²) in [4.78, 5) is 13.7. The van der Waals surface area contributed by atoms with Crippen LogP contribution < -0.4 is 5.32 Å². The highest BCUT2D eigenvalue weighted by molar-refractivity contribution is 5.97. The third kappa shape index (κ3) is 2.13. The Hall–Kier alpha value is -1.46. The molecule has 4 nitrogen and oxygen atoms in total. The van der Waals surface area contributed by atoms with E-state index < -0.39 is 17.2 Å². The first-order valence-corrected chi connectivity index (χ1v) is 6.42. The van der Waals surface area contributed by atoms with Crippen LogP contribution in [0.2, 0.25) is 0 Å². The summed E-state index contributed by atoms with van der Waals surface area (Å²) in [6, 6.07) is 5.49. The third-order valence-corrected chi connectivity index (χ3v) is 3.58. The van der Waals surface area contributed by atoms with E-state index in [9.17, 15) is 14.3 Å². The zero-order valence-corrected chi connectivity index (χ0v) is 11.4. The number of carbonyl (C=O) groups is 1. The van der Waals surface area contributed by atoms with Gasteiger partial charge in [0, 0.05) is 5.56 Å². The minimum atomic E-state index is -1.35. The molecule has 1 aromatic rings. The summed E-state index contributed by atoms with van der Waals surface area (Å²) in [5, 5.41) is 13.4. The van der Waals surface area contributed by atoms with Crippen LogP contribution in [0.15, 0.2) is 24.3 Å². The van der Waals surface area contributed by atoms with Crippen LogP contribution in [0.1, 0.15) is 37.6 Å². The highest BCUT2D eigenvalue weighted by atomic mass is 19.1. The van der Waals surface area contributed by atoms with E-state index in [4.69, 9.17) is 0 Å². The largest absolute Gasteiger partial charge is 0.356 e. The van der Waals surface area contributed by atoms with Crippen molar-refractivity contribution in [2.24, 2.45) is 0 Å². The Morgan fingerprint density at radius 2 is 2.16 bits per heavy atom. The van der Waals surface area contributed by atoms with E-state index >= 15 is 0 Å². The number of nitrogens with one attached hydrogen (secondary N) is 1. The molecule has 1 heterocycles. The second kappa shape index (κ2) is 4.58. The van der Waals surface area contributed by atoms with Crippen molar-refractivity contribution in [2.75, 3.05) is 6.54 Å². The van der Waals surface area contributed by atoms with Gasteiger partial charge in [0.2, 0.25) is 5.85 Å². The monoisotopic (exact) mass is 266 g/mol. The van der Waals surface area contributed by atoms with E-state index in [1.165, 1.54) is 23.1 Å². The van der Waals surface area contributed by atoms with Crippen LogP contribution in [0.4, 0.5) is 4.39 Å². The van der Waals surface area contributed by atoms with Crippen molar-refractivity contribution in [3.63, 3.8) is 0 Å². The lowest BCUT2D eigenvalue weighted by Gasteiger charge is -2.12. The topological polar surface area (TPSA) is 52.3 Å². The second-order valence-corrected chi connectivity index (χ2v) is 5.31. The third-order valence-electron chi connectivity index (χ3n) is 3.58. The maximum Gasteiger partial charge on any atom is 0.257 e. The molecule has 0 spiro atoms. The molecular weight excluding hydrogens is 247 g/mol. The molecule has 1 aliphatic heterocycles. The van der Waals surface area contributed by atoms with Crippen LogP contribution in [0.3, 0.4) is 0 Å². The first-order valence-electron chi connectivity index (χ1n) is 6.42. The van der Waals surface area contributed by atoms with Crippen LogP contribution in [-0.4, -0.2) is 33.8 Å². The molecule has 0 aromatic heterocycles. The van der Waals surface area contributed by atoms with Gasteiger partial charge in [0.1, 0.15) is 11.4 Å². The standard InChI is InChI=1S/C14H19FN2O2/c1-4-8-16-14(19)13(2,3)17(14)12(18)10-6-5-7-11(15)9-10/h5-7,9,16,19H,4,8H2,1-3H3. The molecule has 0 bridgehead atoms. The van der Waals surface area contributed by atoms with Crippen LogP contribution in [0.5, 0.6) is 0 Å². The Morgan fingerprint density at radius 1 is 1.47 bits per heavy atom. The number of benzene rings is 1. The number of aliphatic hydroxyl groups is 1. The quantitative estimate of drug-likeness (QED) is 0.644. The lowest BCUT2D eigenvalue weighted by Crippen LogP contribution is -2.40. The SMILES string of the molecule is CCCNC1(O)N(C(=O)c2cccc(F)c2)C1(C)C. The number of nitrogens with zero attached hydrogens (tertiary/aromatic N) is 1. The number of hydrogen-bond donors (Lipinski definition) is 2. The van der Waals surface area contributed by atoms with Gasteiger partial charge in [-0.2, -0.15) is 0 Å². The van der Waals surface area contributed by atoms with Crippen LogP contribution in [-0.2, 0) is 0 Å². The zero-order chi connectivity index (χ0) is 14.3. The molecular formula is C14H19FN2O2. The number of rotatable bonds is 4. The van der Waals surface area contributed by atoms with Crippen LogP contribution in [0.25, 0.3) is 0 Å². The van der Waals surface area contributed by atoms with Crippen molar-refractivity contribution in [3.8, 4) is 0 Å². The van der Waals surface area contributed by atoms with Gasteiger partial charge < -0.3 is 5.11 Å². The summed E-state index contributed by atoms with van der Waals surface area (Å²) in [5.74, 6) is -2.20. The Morgan fingerprint density at radius 3 is 2.74 bits per heavy atom. The van der Waals surface area contributed by atoms with Crippen molar-refractivity contribution in [1.82, 2.24) is 10.2 Å². The lowest BCUT2D eigenvalue weighted by molar-refractivity contribution is 0.0398. The molecule has 19 heavy (non-hydrogen) atoms. The van der Waals surface area contributed by atoms with Gasteiger partial charge >= 0.3 is 0 Å². The predicted molar refractivity (Wildman–Crippen MR) is 69.9 cm³/mol. The molecule has 0 aliphatic carbocycles. The molecule has 1 aromatic carbocycles. The summed E-state index contributed by atoms with van der Waals surface area (Å²) >= 11 is 0. The van der Waals surface area contributed by atoms with E-state index in [2.05, 4.69) is 5.32 Å². The molecule has 2 N–H and O–H groups in total. The summed E-state index contributed by atoms with van der Waals surface area (Å²) in [6.07, 6.45) is 0.848. The van der Waals surface area contributed by atoms with Gasteiger partial charge in [-0.25, -0.2) is 4.39 Å². The van der Waals surface area contributed by atoms with Crippen LogP contribution >= 0.6 is 0 Å². The highest BCUT2D eigenvalue weighted by Crippen LogP contribution is 2.48. The number of amides is 1. The lowest BCUT2D eigenvalue weighted by atomic mass is 10.1. The molecule has 104 valence electrons. The first kappa shape index (κ1) is 14.0. The van der Waals surface area contributed by atoms with Crippen molar-refractivity contribution >= 4 is 5.91 Å². The van der Waals surface area contributed by atoms with Gasteiger partial charge in [0.15, 0.2) is 0 Å².